The molecule has 18 heavy (non-hydrogen) atoms. The summed E-state index contributed by atoms with van der Waals surface area (Å²) in [6, 6.07) is 6.81. The Morgan fingerprint density at radius 1 is 1.44 bits per heavy atom. The van der Waals surface area contributed by atoms with Gasteiger partial charge < -0.3 is 10.3 Å². The monoisotopic (exact) mass is 325 g/mol. The minimum absolute atomic E-state index is 0.477. The van der Waals surface area contributed by atoms with Gasteiger partial charge in [0.05, 0.1) is 0 Å². The summed E-state index contributed by atoms with van der Waals surface area (Å²) in [5, 5.41) is 4.36. The molecule has 1 heterocycles. The summed E-state index contributed by atoms with van der Waals surface area (Å²) < 4.78 is 1.10. The molecule has 0 radical (unpaired) electrons. The number of nitrogens with one attached hydrogen (secondary N) is 2. The molecule has 0 aliphatic heterocycles. The van der Waals surface area contributed by atoms with Crippen LogP contribution in [0.2, 0.25) is 0 Å². The number of benzene rings is 1. The number of nitrogens with zero attached hydrogens (tertiary/aromatic N) is 1. The second-order valence-electron chi connectivity index (χ2n) is 4.28. The van der Waals surface area contributed by atoms with Gasteiger partial charge in [-0.3, -0.25) is 0 Å². The second-order valence-corrected chi connectivity index (χ2v) is 6.23. The van der Waals surface area contributed by atoms with Crippen LogP contribution in [0.4, 0.5) is 0 Å². The second kappa shape index (κ2) is 6.41. The highest BCUT2D eigenvalue weighted by molar-refractivity contribution is 9.10. The standard InChI is InChI=1S/C13H16BrN3S/c1-9(2)17-8-10-7-11(14)3-4-12(10)18-13-15-5-6-16-13/h3-7,9,17H,8H2,1-2H3,(H,15,16). The van der Waals surface area contributed by atoms with Crippen molar-refractivity contribution in [2.45, 2.75) is 36.5 Å². The first-order valence-electron chi connectivity index (χ1n) is 5.84. The number of rotatable bonds is 5. The third-order valence-corrected chi connectivity index (χ3v) is 3.93. The number of H-pyrrole nitrogens is 1. The van der Waals surface area contributed by atoms with Gasteiger partial charge >= 0.3 is 0 Å². The van der Waals surface area contributed by atoms with Crippen molar-refractivity contribution in [3.63, 3.8) is 0 Å². The molecule has 0 spiro atoms. The molecule has 0 unspecified atom stereocenters. The number of imidazole rings is 1. The fourth-order valence-corrected chi connectivity index (χ4v) is 2.77. The first-order chi connectivity index (χ1) is 8.65. The highest BCUT2D eigenvalue weighted by Crippen LogP contribution is 2.30. The molecular weight excluding hydrogens is 310 g/mol. The Bertz CT molecular complexity index is 497. The predicted octanol–water partition coefficient (Wildman–Crippen LogP) is 3.82. The molecule has 0 saturated carbocycles. The van der Waals surface area contributed by atoms with E-state index in [1.165, 1.54) is 10.5 Å². The van der Waals surface area contributed by atoms with E-state index in [-0.39, 0.29) is 0 Å². The van der Waals surface area contributed by atoms with E-state index in [0.29, 0.717) is 6.04 Å². The van der Waals surface area contributed by atoms with Gasteiger partial charge in [0.2, 0.25) is 0 Å². The van der Waals surface area contributed by atoms with Crippen molar-refractivity contribution in [3.8, 4) is 0 Å². The molecule has 0 saturated heterocycles. The van der Waals surface area contributed by atoms with Gasteiger partial charge in [-0.15, -0.1) is 0 Å². The average Bonchev–Trinajstić information content (AvgIpc) is 2.82. The molecule has 0 bridgehead atoms. The SMILES string of the molecule is CC(C)NCc1cc(Br)ccc1Sc1ncc[nH]1. The van der Waals surface area contributed by atoms with E-state index in [4.69, 9.17) is 0 Å². The number of halogens is 1. The molecular formula is C13H16BrN3S. The van der Waals surface area contributed by atoms with Crippen LogP contribution in [-0.2, 0) is 6.54 Å². The van der Waals surface area contributed by atoms with Gasteiger partial charge in [0.15, 0.2) is 5.16 Å². The third-order valence-electron chi connectivity index (χ3n) is 2.40. The van der Waals surface area contributed by atoms with Crippen LogP contribution in [0.25, 0.3) is 0 Å². The van der Waals surface area contributed by atoms with Crippen LogP contribution >= 0.6 is 27.7 Å². The zero-order valence-electron chi connectivity index (χ0n) is 10.4. The Hall–Kier alpha value is -0.780. The van der Waals surface area contributed by atoms with Crippen molar-refractivity contribution in [2.75, 3.05) is 0 Å². The lowest BCUT2D eigenvalue weighted by Gasteiger charge is -2.12. The van der Waals surface area contributed by atoms with E-state index >= 15 is 0 Å². The maximum atomic E-state index is 4.25. The summed E-state index contributed by atoms with van der Waals surface area (Å²) in [5.74, 6) is 0. The zero-order valence-corrected chi connectivity index (χ0v) is 12.8. The first-order valence-corrected chi connectivity index (χ1v) is 7.45. The summed E-state index contributed by atoms with van der Waals surface area (Å²) >= 11 is 5.17. The van der Waals surface area contributed by atoms with Crippen LogP contribution in [0.3, 0.4) is 0 Å². The lowest BCUT2D eigenvalue weighted by molar-refractivity contribution is 0.584. The van der Waals surface area contributed by atoms with E-state index in [2.05, 4.69) is 63.3 Å². The van der Waals surface area contributed by atoms with E-state index in [0.717, 1.165) is 16.2 Å². The van der Waals surface area contributed by atoms with E-state index in [1.807, 2.05) is 6.20 Å². The van der Waals surface area contributed by atoms with E-state index in [9.17, 15) is 0 Å². The topological polar surface area (TPSA) is 40.7 Å². The molecule has 0 aliphatic rings. The van der Waals surface area contributed by atoms with Gasteiger partial charge in [0.25, 0.3) is 0 Å². The average molecular weight is 326 g/mol. The molecule has 5 heteroatoms. The van der Waals surface area contributed by atoms with Crippen molar-refractivity contribution < 1.29 is 0 Å². The smallest absolute Gasteiger partial charge is 0.170 e. The fraction of sp³-hybridized carbons (Fsp3) is 0.308. The number of aromatic nitrogens is 2. The van der Waals surface area contributed by atoms with Crippen LogP contribution in [0.5, 0.6) is 0 Å². The van der Waals surface area contributed by atoms with E-state index < -0.39 is 0 Å². The molecule has 2 N–H and O–H groups in total. The van der Waals surface area contributed by atoms with Gasteiger partial charge in [-0.1, -0.05) is 41.5 Å². The summed E-state index contributed by atoms with van der Waals surface area (Å²) in [6.07, 6.45) is 3.61. The lowest BCUT2D eigenvalue weighted by Crippen LogP contribution is -2.22. The van der Waals surface area contributed by atoms with Gasteiger partial charge in [-0.05, 0) is 23.8 Å². The Labute approximate surface area is 120 Å². The molecule has 1 aromatic heterocycles. The van der Waals surface area contributed by atoms with Crippen LogP contribution in [0.1, 0.15) is 19.4 Å². The van der Waals surface area contributed by atoms with Gasteiger partial charge in [-0.25, -0.2) is 4.98 Å². The van der Waals surface area contributed by atoms with Gasteiger partial charge in [-0.2, -0.15) is 0 Å². The third kappa shape index (κ3) is 3.86. The van der Waals surface area contributed by atoms with Crippen molar-refractivity contribution in [3.05, 3.63) is 40.6 Å². The van der Waals surface area contributed by atoms with Crippen molar-refractivity contribution >= 4 is 27.7 Å². The molecule has 96 valence electrons. The van der Waals surface area contributed by atoms with Crippen molar-refractivity contribution in [1.29, 1.82) is 0 Å². The molecule has 0 aliphatic carbocycles. The molecule has 2 rings (SSSR count). The molecule has 0 atom stereocenters. The van der Waals surface area contributed by atoms with Crippen molar-refractivity contribution in [1.82, 2.24) is 15.3 Å². The molecule has 3 nitrogen and oxygen atoms in total. The summed E-state index contributed by atoms with van der Waals surface area (Å²) in [5.41, 5.74) is 1.28. The fourth-order valence-electron chi connectivity index (χ4n) is 1.51. The lowest BCUT2D eigenvalue weighted by atomic mass is 10.2. The van der Waals surface area contributed by atoms with Crippen LogP contribution in [0, 0.1) is 0 Å². The van der Waals surface area contributed by atoms with Crippen LogP contribution < -0.4 is 5.32 Å². The van der Waals surface area contributed by atoms with Crippen molar-refractivity contribution in [2.24, 2.45) is 0 Å². The first kappa shape index (κ1) is 13.6. The summed E-state index contributed by atoms with van der Waals surface area (Å²) in [4.78, 5) is 8.58. The minimum Gasteiger partial charge on any atom is -0.339 e. The Morgan fingerprint density at radius 3 is 2.94 bits per heavy atom. The maximum Gasteiger partial charge on any atom is 0.170 e. The number of aromatic amines is 1. The minimum atomic E-state index is 0.477. The van der Waals surface area contributed by atoms with Crippen LogP contribution in [0.15, 0.2) is 45.1 Å². The molecule has 1 aromatic carbocycles. The summed E-state index contributed by atoms with van der Waals surface area (Å²) in [6.45, 7) is 5.16. The van der Waals surface area contributed by atoms with Gasteiger partial charge in [0.1, 0.15) is 0 Å². The number of hydrogen-bond donors (Lipinski definition) is 2. The number of hydrogen-bond acceptors (Lipinski definition) is 3. The molecule has 0 fully saturated rings. The Kier molecular flexibility index (Phi) is 4.86. The van der Waals surface area contributed by atoms with Gasteiger partial charge in [0, 0.05) is 34.3 Å². The van der Waals surface area contributed by atoms with Crippen LogP contribution in [-0.4, -0.2) is 16.0 Å². The highest BCUT2D eigenvalue weighted by Gasteiger charge is 2.07. The maximum absolute atomic E-state index is 4.25. The molecule has 0 amide bonds. The highest BCUT2D eigenvalue weighted by atomic mass is 79.9. The predicted molar refractivity (Wildman–Crippen MR) is 78.8 cm³/mol. The Balaban J connectivity index is 2.17. The quantitative estimate of drug-likeness (QED) is 0.877. The largest absolute Gasteiger partial charge is 0.339 e. The zero-order chi connectivity index (χ0) is 13.0. The van der Waals surface area contributed by atoms with E-state index in [1.54, 1.807) is 18.0 Å². The molecule has 2 aromatic rings. The Morgan fingerprint density at radius 2 is 2.28 bits per heavy atom. The summed E-state index contributed by atoms with van der Waals surface area (Å²) in [7, 11) is 0. The normalized spacial score (nSPS) is 11.1.